The molecule has 0 radical (unpaired) electrons. The summed E-state index contributed by atoms with van der Waals surface area (Å²) in [6.07, 6.45) is 3.52. The number of carbonyl (C=O) groups is 1. The van der Waals surface area contributed by atoms with Crippen LogP contribution in [0.15, 0.2) is 45.8 Å². The molecule has 7 heteroatoms. The highest BCUT2D eigenvalue weighted by Crippen LogP contribution is 2.33. The molecule has 0 atom stereocenters. The number of aryl methyl sites for hydroxylation is 2. The summed E-state index contributed by atoms with van der Waals surface area (Å²) in [6.45, 7) is 2.61. The highest BCUT2D eigenvalue weighted by atomic mass is 79.9. The Hall–Kier alpha value is -2.41. The Labute approximate surface area is 152 Å². The summed E-state index contributed by atoms with van der Waals surface area (Å²) in [5.74, 6) is -0.114. The quantitative estimate of drug-likeness (QED) is 0.663. The van der Waals surface area contributed by atoms with Gasteiger partial charge in [0.25, 0.3) is 0 Å². The molecule has 1 aliphatic heterocycles. The molecule has 0 aliphatic carbocycles. The van der Waals surface area contributed by atoms with Crippen LogP contribution in [-0.2, 0) is 17.8 Å². The van der Waals surface area contributed by atoms with E-state index in [4.69, 9.17) is 0 Å². The maximum Gasteiger partial charge on any atom is 0.350 e. The Morgan fingerprint density at radius 2 is 2.16 bits per heavy atom. The molecule has 2 aromatic heterocycles. The summed E-state index contributed by atoms with van der Waals surface area (Å²) in [7, 11) is 0. The number of halogens is 1. The van der Waals surface area contributed by atoms with Crippen molar-refractivity contribution in [1.29, 1.82) is 0 Å². The van der Waals surface area contributed by atoms with Crippen LogP contribution in [0.25, 0.3) is 5.65 Å². The lowest BCUT2D eigenvalue weighted by Gasteiger charge is -2.31. The van der Waals surface area contributed by atoms with Gasteiger partial charge in [-0.1, -0.05) is 22.0 Å². The maximum absolute atomic E-state index is 12.9. The second-order valence-electron chi connectivity index (χ2n) is 6.25. The number of nitrogens with zero attached hydrogens (tertiary/aromatic N) is 4. The van der Waals surface area contributed by atoms with Crippen molar-refractivity contribution in [1.82, 2.24) is 14.2 Å². The lowest BCUT2D eigenvalue weighted by Crippen LogP contribution is -2.40. The van der Waals surface area contributed by atoms with Crippen LogP contribution in [0.4, 0.5) is 5.69 Å². The predicted octanol–water partition coefficient (Wildman–Crippen LogP) is 2.55. The molecule has 3 aromatic rings. The fraction of sp³-hybridized carbons (Fsp3) is 0.278. The molecule has 0 unspecified atom stereocenters. The molecule has 25 heavy (non-hydrogen) atoms. The van der Waals surface area contributed by atoms with Gasteiger partial charge < -0.3 is 4.90 Å². The lowest BCUT2D eigenvalue weighted by atomic mass is 9.98. The molecule has 0 spiro atoms. The van der Waals surface area contributed by atoms with Gasteiger partial charge >= 0.3 is 5.69 Å². The average molecular weight is 401 g/mol. The molecule has 4 rings (SSSR count). The number of benzene rings is 1. The zero-order valence-corrected chi connectivity index (χ0v) is 15.4. The molecule has 0 saturated carbocycles. The Bertz CT molecular complexity index is 1040. The molecule has 1 aromatic carbocycles. The molecule has 128 valence electrons. The van der Waals surface area contributed by atoms with E-state index in [1.54, 1.807) is 23.2 Å². The van der Waals surface area contributed by atoms with Crippen LogP contribution in [0.1, 0.15) is 17.5 Å². The van der Waals surface area contributed by atoms with Gasteiger partial charge in [0, 0.05) is 22.9 Å². The summed E-state index contributed by atoms with van der Waals surface area (Å²) in [4.78, 5) is 27.1. The number of pyridine rings is 1. The van der Waals surface area contributed by atoms with Crippen LogP contribution in [0, 0.1) is 6.92 Å². The first kappa shape index (κ1) is 16.1. The SMILES string of the molecule is Cc1cc(Br)cc2c1N(C(=O)Cn1nc3ccccn3c1=O)CCC2. The van der Waals surface area contributed by atoms with Gasteiger partial charge in [-0.05, 0) is 55.2 Å². The van der Waals surface area contributed by atoms with Gasteiger partial charge in [-0.15, -0.1) is 5.10 Å². The van der Waals surface area contributed by atoms with Crippen LogP contribution >= 0.6 is 15.9 Å². The second kappa shape index (κ2) is 6.15. The fourth-order valence-electron chi connectivity index (χ4n) is 3.46. The third kappa shape index (κ3) is 2.78. The van der Waals surface area contributed by atoms with Gasteiger partial charge in [0.2, 0.25) is 5.91 Å². The van der Waals surface area contributed by atoms with E-state index in [9.17, 15) is 9.59 Å². The van der Waals surface area contributed by atoms with Crippen molar-refractivity contribution in [3.05, 3.63) is 62.6 Å². The van der Waals surface area contributed by atoms with E-state index >= 15 is 0 Å². The van der Waals surface area contributed by atoms with Crippen molar-refractivity contribution in [2.45, 2.75) is 26.3 Å². The first-order valence-electron chi connectivity index (χ1n) is 8.18. The average Bonchev–Trinajstić information content (AvgIpc) is 2.90. The van der Waals surface area contributed by atoms with E-state index in [2.05, 4.69) is 27.1 Å². The van der Waals surface area contributed by atoms with Crippen molar-refractivity contribution in [3.63, 3.8) is 0 Å². The Morgan fingerprint density at radius 1 is 1.32 bits per heavy atom. The standard InChI is InChI=1S/C18H17BrN4O2/c1-12-9-14(19)10-13-5-4-8-22(17(12)13)16(24)11-23-18(25)21-7-3-2-6-15(21)20-23/h2-3,6-7,9-10H,4-5,8,11H2,1H3. The maximum atomic E-state index is 12.9. The molecule has 3 heterocycles. The molecule has 1 amide bonds. The van der Waals surface area contributed by atoms with E-state index in [0.29, 0.717) is 12.2 Å². The number of anilines is 1. The molecule has 0 bridgehead atoms. The van der Waals surface area contributed by atoms with Crippen LogP contribution in [0.2, 0.25) is 0 Å². The number of fused-ring (bicyclic) bond motifs is 2. The Morgan fingerprint density at radius 3 is 2.96 bits per heavy atom. The van der Waals surface area contributed by atoms with Crippen molar-refractivity contribution < 1.29 is 4.79 Å². The summed E-state index contributed by atoms with van der Waals surface area (Å²) >= 11 is 3.52. The third-order valence-corrected chi connectivity index (χ3v) is 4.97. The summed E-state index contributed by atoms with van der Waals surface area (Å²) in [5, 5.41) is 4.25. The Balaban J connectivity index is 1.69. The van der Waals surface area contributed by atoms with Gasteiger partial charge in [0.15, 0.2) is 5.65 Å². The van der Waals surface area contributed by atoms with E-state index in [1.165, 1.54) is 9.08 Å². The Kier molecular flexibility index (Phi) is 3.95. The van der Waals surface area contributed by atoms with Crippen molar-refractivity contribution in [3.8, 4) is 0 Å². The smallest absolute Gasteiger partial charge is 0.310 e. The van der Waals surface area contributed by atoms with E-state index in [1.807, 2.05) is 19.1 Å². The van der Waals surface area contributed by atoms with Crippen LogP contribution in [0.3, 0.4) is 0 Å². The topological polar surface area (TPSA) is 59.6 Å². The lowest BCUT2D eigenvalue weighted by molar-refractivity contribution is -0.119. The van der Waals surface area contributed by atoms with Crippen LogP contribution in [0.5, 0.6) is 0 Å². The first-order valence-corrected chi connectivity index (χ1v) is 8.97. The number of aromatic nitrogens is 3. The highest BCUT2D eigenvalue weighted by Gasteiger charge is 2.25. The third-order valence-electron chi connectivity index (χ3n) is 4.52. The monoisotopic (exact) mass is 400 g/mol. The van der Waals surface area contributed by atoms with Crippen molar-refractivity contribution >= 4 is 33.2 Å². The molecule has 0 saturated heterocycles. The normalized spacial score (nSPS) is 13.9. The van der Waals surface area contributed by atoms with E-state index < -0.39 is 0 Å². The van der Waals surface area contributed by atoms with Crippen LogP contribution < -0.4 is 10.6 Å². The van der Waals surface area contributed by atoms with Gasteiger partial charge in [-0.25, -0.2) is 9.48 Å². The van der Waals surface area contributed by atoms with Gasteiger partial charge in [-0.2, -0.15) is 0 Å². The van der Waals surface area contributed by atoms with Gasteiger partial charge in [-0.3, -0.25) is 9.20 Å². The highest BCUT2D eigenvalue weighted by molar-refractivity contribution is 9.10. The molecule has 0 fully saturated rings. The van der Waals surface area contributed by atoms with Crippen molar-refractivity contribution in [2.75, 3.05) is 11.4 Å². The largest absolute Gasteiger partial charge is 0.350 e. The minimum Gasteiger partial charge on any atom is -0.310 e. The molecule has 6 nitrogen and oxygen atoms in total. The summed E-state index contributed by atoms with van der Waals surface area (Å²) in [5.41, 5.74) is 3.43. The predicted molar refractivity (Wildman–Crippen MR) is 99.0 cm³/mol. The first-order chi connectivity index (χ1) is 12.0. The minimum atomic E-state index is -0.297. The van der Waals surface area contributed by atoms with Crippen molar-refractivity contribution in [2.24, 2.45) is 0 Å². The fourth-order valence-corrected chi connectivity index (χ4v) is 4.07. The molecular formula is C18H17BrN4O2. The number of rotatable bonds is 2. The van der Waals surface area contributed by atoms with Gasteiger partial charge in [0.05, 0.1) is 0 Å². The number of amides is 1. The minimum absolute atomic E-state index is 0.0601. The summed E-state index contributed by atoms with van der Waals surface area (Å²) in [6, 6.07) is 9.42. The number of hydrogen-bond donors (Lipinski definition) is 0. The summed E-state index contributed by atoms with van der Waals surface area (Å²) < 4.78 is 3.70. The molecule has 1 aliphatic rings. The van der Waals surface area contributed by atoms with E-state index in [-0.39, 0.29) is 18.1 Å². The van der Waals surface area contributed by atoms with E-state index in [0.717, 1.165) is 34.1 Å². The number of hydrogen-bond acceptors (Lipinski definition) is 3. The number of carbonyl (C=O) groups excluding carboxylic acids is 1. The molecule has 0 N–H and O–H groups in total. The zero-order chi connectivity index (χ0) is 17.6. The van der Waals surface area contributed by atoms with Gasteiger partial charge in [0.1, 0.15) is 6.54 Å². The second-order valence-corrected chi connectivity index (χ2v) is 7.16. The molecular weight excluding hydrogens is 384 g/mol. The van der Waals surface area contributed by atoms with Crippen LogP contribution in [-0.4, -0.2) is 26.6 Å². The zero-order valence-electron chi connectivity index (χ0n) is 13.8.